The molecule has 0 radical (unpaired) electrons. The molecule has 2 aliphatic rings. The molecular weight excluding hydrogens is 226 g/mol. The van der Waals surface area contributed by atoms with E-state index in [-0.39, 0.29) is 6.17 Å². The van der Waals surface area contributed by atoms with Gasteiger partial charge in [-0.25, -0.2) is 10.8 Å². The summed E-state index contributed by atoms with van der Waals surface area (Å²) in [5, 5.41) is 3.63. The molecule has 96 valence electrons. The number of rotatable bonds is 1. The normalized spacial score (nSPS) is 31.4. The van der Waals surface area contributed by atoms with Gasteiger partial charge in [0.2, 0.25) is 0 Å². The van der Waals surface area contributed by atoms with Gasteiger partial charge in [0.15, 0.2) is 0 Å². The van der Waals surface area contributed by atoms with Crippen molar-refractivity contribution in [1.29, 1.82) is 0 Å². The minimum absolute atomic E-state index is 0.00148. The van der Waals surface area contributed by atoms with Crippen LogP contribution in [0, 0.1) is 5.92 Å². The highest BCUT2D eigenvalue weighted by Gasteiger charge is 2.34. The van der Waals surface area contributed by atoms with E-state index in [1.165, 1.54) is 25.7 Å². The van der Waals surface area contributed by atoms with Crippen molar-refractivity contribution in [1.82, 2.24) is 15.7 Å². The van der Waals surface area contributed by atoms with Crippen molar-refractivity contribution in [3.8, 4) is 0 Å². The highest BCUT2D eigenvalue weighted by Crippen LogP contribution is 2.31. The van der Waals surface area contributed by atoms with E-state index in [1.54, 1.807) is 12.4 Å². The number of hydrogen-bond donors (Lipinski definition) is 3. The van der Waals surface area contributed by atoms with Crippen LogP contribution in [0.25, 0.3) is 0 Å². The fraction of sp³-hybridized carbons (Fsp3) is 0.538. The third-order valence-corrected chi connectivity index (χ3v) is 3.93. The summed E-state index contributed by atoms with van der Waals surface area (Å²) >= 11 is 0. The van der Waals surface area contributed by atoms with Crippen LogP contribution in [0.3, 0.4) is 0 Å². The SMILES string of the molecule is NNC1=NC(c2ccncc2)NC2CCCCC12. The quantitative estimate of drug-likeness (QED) is 0.511. The van der Waals surface area contributed by atoms with Crippen LogP contribution < -0.4 is 16.6 Å². The van der Waals surface area contributed by atoms with Gasteiger partial charge in [0.25, 0.3) is 0 Å². The second-order valence-corrected chi connectivity index (χ2v) is 5.01. The molecular formula is C13H19N5. The monoisotopic (exact) mass is 245 g/mol. The first-order valence-electron chi connectivity index (χ1n) is 6.59. The number of aromatic nitrogens is 1. The van der Waals surface area contributed by atoms with E-state index in [9.17, 15) is 0 Å². The second-order valence-electron chi connectivity index (χ2n) is 5.01. The van der Waals surface area contributed by atoms with Crippen LogP contribution in [0.5, 0.6) is 0 Å². The summed E-state index contributed by atoms with van der Waals surface area (Å²) in [5.74, 6) is 7.02. The fourth-order valence-corrected chi connectivity index (χ4v) is 2.99. The number of hydrazine groups is 1. The lowest BCUT2D eigenvalue weighted by atomic mass is 9.82. The Balaban J connectivity index is 1.88. The molecule has 4 N–H and O–H groups in total. The molecule has 1 aromatic heterocycles. The summed E-state index contributed by atoms with van der Waals surface area (Å²) in [7, 11) is 0. The maximum Gasteiger partial charge on any atom is 0.127 e. The molecule has 18 heavy (non-hydrogen) atoms. The zero-order chi connectivity index (χ0) is 12.4. The third-order valence-electron chi connectivity index (χ3n) is 3.93. The molecule has 0 bridgehead atoms. The first-order chi connectivity index (χ1) is 8.88. The van der Waals surface area contributed by atoms with Gasteiger partial charge in [0.1, 0.15) is 12.0 Å². The van der Waals surface area contributed by atoms with Crippen molar-refractivity contribution in [3.05, 3.63) is 30.1 Å². The van der Waals surface area contributed by atoms with Crippen molar-refractivity contribution in [2.45, 2.75) is 37.9 Å². The Hall–Kier alpha value is -1.46. The molecule has 1 aliphatic heterocycles. The Morgan fingerprint density at radius 1 is 1.22 bits per heavy atom. The Kier molecular flexibility index (Phi) is 3.25. The first-order valence-corrected chi connectivity index (χ1v) is 6.59. The molecule has 3 rings (SSSR count). The minimum Gasteiger partial charge on any atom is -0.312 e. The zero-order valence-electron chi connectivity index (χ0n) is 10.3. The van der Waals surface area contributed by atoms with Gasteiger partial charge in [-0.15, -0.1) is 0 Å². The Bertz CT molecular complexity index is 430. The van der Waals surface area contributed by atoms with E-state index in [2.05, 4.69) is 15.7 Å². The van der Waals surface area contributed by atoms with E-state index < -0.39 is 0 Å². The zero-order valence-corrected chi connectivity index (χ0v) is 10.3. The second kappa shape index (κ2) is 5.04. The standard InChI is InChI=1S/C13H19N5/c14-18-13-10-3-1-2-4-11(10)16-12(17-13)9-5-7-15-8-6-9/h5-8,10-12,16H,1-4,14H2,(H,17,18). The molecule has 5 heteroatoms. The molecule has 1 saturated carbocycles. The van der Waals surface area contributed by atoms with Crippen LogP contribution in [0.2, 0.25) is 0 Å². The van der Waals surface area contributed by atoms with Crippen LogP contribution in [-0.2, 0) is 0 Å². The van der Waals surface area contributed by atoms with Gasteiger partial charge in [-0.2, -0.15) is 0 Å². The maximum atomic E-state index is 5.63. The van der Waals surface area contributed by atoms with Gasteiger partial charge >= 0.3 is 0 Å². The Morgan fingerprint density at radius 2 is 2.00 bits per heavy atom. The van der Waals surface area contributed by atoms with Crippen LogP contribution >= 0.6 is 0 Å². The number of nitrogens with zero attached hydrogens (tertiary/aromatic N) is 2. The molecule has 0 aromatic carbocycles. The fourth-order valence-electron chi connectivity index (χ4n) is 2.99. The van der Waals surface area contributed by atoms with Crippen molar-refractivity contribution < 1.29 is 0 Å². The molecule has 3 unspecified atom stereocenters. The van der Waals surface area contributed by atoms with Crippen molar-refractivity contribution in [2.24, 2.45) is 16.8 Å². The number of fused-ring (bicyclic) bond motifs is 1. The van der Waals surface area contributed by atoms with E-state index in [0.29, 0.717) is 12.0 Å². The molecule has 1 aromatic rings. The Labute approximate surface area is 107 Å². The lowest BCUT2D eigenvalue weighted by Crippen LogP contribution is -2.53. The molecule has 5 nitrogen and oxygen atoms in total. The summed E-state index contributed by atoms with van der Waals surface area (Å²) in [6.45, 7) is 0. The summed E-state index contributed by atoms with van der Waals surface area (Å²) in [6, 6.07) is 4.48. The largest absolute Gasteiger partial charge is 0.312 e. The van der Waals surface area contributed by atoms with Crippen molar-refractivity contribution >= 4 is 5.84 Å². The van der Waals surface area contributed by atoms with Gasteiger partial charge in [0, 0.05) is 24.4 Å². The van der Waals surface area contributed by atoms with Crippen LogP contribution in [0.1, 0.15) is 37.4 Å². The topological polar surface area (TPSA) is 75.3 Å². The van der Waals surface area contributed by atoms with Gasteiger partial charge in [0.05, 0.1) is 0 Å². The molecule has 2 heterocycles. The number of nitrogens with one attached hydrogen (secondary N) is 2. The minimum atomic E-state index is -0.00148. The predicted molar refractivity (Wildman–Crippen MR) is 70.6 cm³/mol. The van der Waals surface area contributed by atoms with E-state index in [4.69, 9.17) is 10.8 Å². The predicted octanol–water partition coefficient (Wildman–Crippen LogP) is 1.10. The molecule has 0 amide bonds. The number of nitrogens with two attached hydrogens (primary N) is 1. The number of aliphatic imine (C=N–C) groups is 1. The van der Waals surface area contributed by atoms with Crippen molar-refractivity contribution in [3.63, 3.8) is 0 Å². The van der Waals surface area contributed by atoms with Crippen LogP contribution in [0.4, 0.5) is 0 Å². The summed E-state index contributed by atoms with van der Waals surface area (Å²) in [5.41, 5.74) is 3.94. The molecule has 0 spiro atoms. The maximum absolute atomic E-state index is 5.63. The lowest BCUT2D eigenvalue weighted by molar-refractivity contribution is 0.274. The van der Waals surface area contributed by atoms with Gasteiger partial charge in [-0.3, -0.25) is 10.3 Å². The van der Waals surface area contributed by atoms with Crippen LogP contribution in [0.15, 0.2) is 29.5 Å². The Morgan fingerprint density at radius 3 is 2.78 bits per heavy atom. The first kappa shape index (κ1) is 11.6. The summed E-state index contributed by atoms with van der Waals surface area (Å²) in [6.07, 6.45) is 8.53. The lowest BCUT2D eigenvalue weighted by Gasteiger charge is -2.39. The molecule has 3 atom stereocenters. The number of amidine groups is 1. The highest BCUT2D eigenvalue weighted by atomic mass is 15.3. The number of pyridine rings is 1. The molecule has 1 fully saturated rings. The molecule has 0 saturated heterocycles. The third kappa shape index (κ3) is 2.11. The van der Waals surface area contributed by atoms with Gasteiger partial charge < -0.3 is 5.43 Å². The average molecular weight is 245 g/mol. The smallest absolute Gasteiger partial charge is 0.127 e. The van der Waals surface area contributed by atoms with E-state index >= 15 is 0 Å². The highest BCUT2D eigenvalue weighted by molar-refractivity contribution is 5.85. The average Bonchev–Trinajstić information content (AvgIpc) is 2.47. The summed E-state index contributed by atoms with van der Waals surface area (Å²) < 4.78 is 0. The van der Waals surface area contributed by atoms with Gasteiger partial charge in [-0.1, -0.05) is 12.8 Å². The molecule has 1 aliphatic carbocycles. The van der Waals surface area contributed by atoms with E-state index in [1.807, 2.05) is 12.1 Å². The summed E-state index contributed by atoms with van der Waals surface area (Å²) in [4.78, 5) is 8.74. The van der Waals surface area contributed by atoms with Crippen molar-refractivity contribution in [2.75, 3.05) is 0 Å². The number of hydrogen-bond acceptors (Lipinski definition) is 5. The van der Waals surface area contributed by atoms with Crippen LogP contribution in [-0.4, -0.2) is 16.9 Å². The van der Waals surface area contributed by atoms with Gasteiger partial charge in [-0.05, 0) is 30.5 Å². The van der Waals surface area contributed by atoms with E-state index in [0.717, 1.165) is 11.4 Å².